The molecule has 0 aromatic carbocycles. The summed E-state index contributed by atoms with van der Waals surface area (Å²) >= 11 is 1.28. The fourth-order valence-corrected chi connectivity index (χ4v) is 1.90. The minimum Gasteiger partial charge on any atom is -0.507 e. The summed E-state index contributed by atoms with van der Waals surface area (Å²) in [5, 5.41) is 14.2. The molecule has 2 rings (SSSR count). The molecule has 17 heavy (non-hydrogen) atoms. The summed E-state index contributed by atoms with van der Waals surface area (Å²) in [6, 6.07) is 0.946. The van der Waals surface area contributed by atoms with Crippen molar-refractivity contribution in [2.24, 2.45) is 0 Å². The van der Waals surface area contributed by atoms with E-state index in [-0.39, 0.29) is 11.3 Å². The maximum atomic E-state index is 11.7. The Labute approximate surface area is 100.0 Å². The highest BCUT2D eigenvalue weighted by Crippen LogP contribution is 2.18. The molecule has 0 aliphatic heterocycles. The van der Waals surface area contributed by atoms with E-state index in [0.29, 0.717) is 5.13 Å². The second-order valence-electron chi connectivity index (χ2n) is 3.34. The highest BCUT2D eigenvalue weighted by atomic mass is 32.1. The normalized spacial score (nSPS) is 10.2. The van der Waals surface area contributed by atoms with Crippen molar-refractivity contribution in [3.8, 4) is 5.75 Å². The molecule has 2 aromatic rings. The number of hydrogen-bond donors (Lipinski definition) is 3. The maximum absolute atomic E-state index is 11.7. The molecule has 0 radical (unpaired) electrons. The number of aromatic hydroxyl groups is 1. The minimum absolute atomic E-state index is 0.00236. The number of pyridine rings is 1. The lowest BCUT2D eigenvalue weighted by Gasteiger charge is -2.02. The quantitative estimate of drug-likeness (QED) is 0.744. The molecule has 7 heteroatoms. The topological polar surface area (TPSA) is 95.1 Å². The Morgan fingerprint density at radius 3 is 2.94 bits per heavy atom. The summed E-state index contributed by atoms with van der Waals surface area (Å²) in [6.45, 7) is 1.81. The smallest absolute Gasteiger partial charge is 0.262 e. The van der Waals surface area contributed by atoms with Crippen molar-refractivity contribution in [3.63, 3.8) is 0 Å². The van der Waals surface area contributed by atoms with E-state index in [9.17, 15) is 14.7 Å². The Morgan fingerprint density at radius 1 is 1.59 bits per heavy atom. The monoisotopic (exact) mass is 251 g/mol. The second kappa shape index (κ2) is 4.38. The van der Waals surface area contributed by atoms with Gasteiger partial charge >= 0.3 is 0 Å². The lowest BCUT2D eigenvalue weighted by Crippen LogP contribution is -2.14. The van der Waals surface area contributed by atoms with Gasteiger partial charge in [0.1, 0.15) is 5.75 Å². The van der Waals surface area contributed by atoms with Gasteiger partial charge in [-0.05, 0) is 6.92 Å². The third-order valence-corrected chi connectivity index (χ3v) is 2.86. The lowest BCUT2D eigenvalue weighted by molar-refractivity contribution is 0.102. The van der Waals surface area contributed by atoms with Crippen LogP contribution in [0.25, 0.3) is 0 Å². The first-order valence-corrected chi connectivity index (χ1v) is 5.59. The SMILES string of the molecule is Cc1csc(NC(=O)c2c[nH]c(=O)cc2O)n1. The van der Waals surface area contributed by atoms with Gasteiger partial charge in [0.15, 0.2) is 5.13 Å². The Kier molecular flexibility index (Phi) is 2.92. The molecule has 0 fully saturated rings. The van der Waals surface area contributed by atoms with Crippen LogP contribution in [-0.2, 0) is 0 Å². The molecule has 0 spiro atoms. The van der Waals surface area contributed by atoms with Crippen molar-refractivity contribution in [2.75, 3.05) is 5.32 Å². The van der Waals surface area contributed by atoms with Crippen molar-refractivity contribution in [2.45, 2.75) is 6.92 Å². The van der Waals surface area contributed by atoms with E-state index in [2.05, 4.69) is 15.3 Å². The molecular weight excluding hydrogens is 242 g/mol. The van der Waals surface area contributed by atoms with E-state index in [1.165, 1.54) is 11.3 Å². The Morgan fingerprint density at radius 2 is 2.35 bits per heavy atom. The first-order valence-electron chi connectivity index (χ1n) is 4.71. The summed E-state index contributed by atoms with van der Waals surface area (Å²) < 4.78 is 0. The molecule has 88 valence electrons. The number of aromatic amines is 1. The highest BCUT2D eigenvalue weighted by Gasteiger charge is 2.13. The number of nitrogens with one attached hydrogen (secondary N) is 2. The standard InChI is InChI=1S/C10H9N3O3S/c1-5-4-17-10(12-5)13-9(16)6-3-11-8(15)2-7(6)14/h2-4H,1H3,(H2,11,14,15)(H,12,13,16). The fraction of sp³-hybridized carbons (Fsp3) is 0.100. The van der Waals surface area contributed by atoms with Gasteiger partial charge in [0, 0.05) is 17.6 Å². The van der Waals surface area contributed by atoms with Crippen molar-refractivity contribution in [1.82, 2.24) is 9.97 Å². The van der Waals surface area contributed by atoms with Gasteiger partial charge in [0.25, 0.3) is 11.5 Å². The van der Waals surface area contributed by atoms with Crippen LogP contribution in [0.3, 0.4) is 0 Å². The number of anilines is 1. The second-order valence-corrected chi connectivity index (χ2v) is 4.20. The minimum atomic E-state index is -0.520. The van der Waals surface area contributed by atoms with Gasteiger partial charge in [-0.2, -0.15) is 0 Å². The first-order chi connectivity index (χ1) is 8.06. The number of carbonyl (C=O) groups excluding carboxylic acids is 1. The Balaban J connectivity index is 2.23. The number of carbonyl (C=O) groups is 1. The molecule has 0 atom stereocenters. The first kappa shape index (κ1) is 11.3. The van der Waals surface area contributed by atoms with Gasteiger partial charge in [0.05, 0.1) is 11.3 Å². The molecule has 1 amide bonds. The van der Waals surface area contributed by atoms with Gasteiger partial charge in [-0.15, -0.1) is 11.3 Å². The van der Waals surface area contributed by atoms with Crippen molar-refractivity contribution in [3.05, 3.63) is 39.3 Å². The van der Waals surface area contributed by atoms with Crippen LogP contribution in [0.4, 0.5) is 5.13 Å². The zero-order valence-corrected chi connectivity index (χ0v) is 9.67. The number of amides is 1. The average molecular weight is 251 g/mol. The van der Waals surface area contributed by atoms with Gasteiger partial charge in [0.2, 0.25) is 0 Å². The van der Waals surface area contributed by atoms with E-state index >= 15 is 0 Å². The van der Waals surface area contributed by atoms with Crippen molar-refractivity contribution >= 4 is 22.4 Å². The summed E-state index contributed by atoms with van der Waals surface area (Å²) in [4.78, 5) is 29.0. The van der Waals surface area contributed by atoms with E-state index in [1.807, 2.05) is 6.92 Å². The van der Waals surface area contributed by atoms with E-state index in [0.717, 1.165) is 18.0 Å². The number of hydrogen-bond acceptors (Lipinski definition) is 5. The average Bonchev–Trinajstić information content (AvgIpc) is 2.63. The van der Waals surface area contributed by atoms with Crippen LogP contribution in [0.2, 0.25) is 0 Å². The molecule has 0 aliphatic carbocycles. The predicted octanol–water partition coefficient (Wildman–Crippen LogP) is 1.10. The summed E-state index contributed by atoms with van der Waals surface area (Å²) in [6.07, 6.45) is 1.16. The molecule has 3 N–H and O–H groups in total. The number of aryl methyl sites for hydroxylation is 1. The van der Waals surface area contributed by atoms with Crippen molar-refractivity contribution < 1.29 is 9.90 Å². The molecule has 0 saturated heterocycles. The van der Waals surface area contributed by atoms with E-state index in [1.54, 1.807) is 5.38 Å². The van der Waals surface area contributed by atoms with Crippen LogP contribution in [0, 0.1) is 6.92 Å². The third kappa shape index (κ3) is 2.51. The number of rotatable bonds is 2. The van der Waals surface area contributed by atoms with Crippen LogP contribution in [-0.4, -0.2) is 21.0 Å². The Hall–Kier alpha value is -2.15. The number of nitrogens with zero attached hydrogens (tertiary/aromatic N) is 1. The van der Waals surface area contributed by atoms with E-state index < -0.39 is 11.5 Å². The number of thiazole rings is 1. The summed E-state index contributed by atoms with van der Waals surface area (Å²) in [5.41, 5.74) is 0.331. The largest absolute Gasteiger partial charge is 0.507 e. The molecule has 6 nitrogen and oxygen atoms in total. The molecule has 2 heterocycles. The maximum Gasteiger partial charge on any atom is 0.262 e. The lowest BCUT2D eigenvalue weighted by atomic mass is 10.2. The summed E-state index contributed by atoms with van der Waals surface area (Å²) in [5.74, 6) is -0.882. The molecular formula is C10H9N3O3S. The molecule has 0 unspecified atom stereocenters. The molecule has 0 aliphatic rings. The van der Waals surface area contributed by atoms with Gasteiger partial charge in [-0.1, -0.05) is 0 Å². The summed E-state index contributed by atoms with van der Waals surface area (Å²) in [7, 11) is 0. The van der Waals surface area contributed by atoms with Gasteiger partial charge < -0.3 is 10.1 Å². The highest BCUT2D eigenvalue weighted by molar-refractivity contribution is 7.13. The van der Waals surface area contributed by atoms with Gasteiger partial charge in [-0.25, -0.2) is 4.98 Å². The van der Waals surface area contributed by atoms with E-state index in [4.69, 9.17) is 0 Å². The van der Waals surface area contributed by atoms with Crippen LogP contribution in [0.15, 0.2) is 22.4 Å². The van der Waals surface area contributed by atoms with Crippen molar-refractivity contribution in [1.29, 1.82) is 0 Å². The van der Waals surface area contributed by atoms with Crippen LogP contribution < -0.4 is 10.9 Å². The molecule has 2 aromatic heterocycles. The van der Waals surface area contributed by atoms with Gasteiger partial charge in [-0.3, -0.25) is 14.9 Å². The predicted molar refractivity (Wildman–Crippen MR) is 63.5 cm³/mol. The zero-order chi connectivity index (χ0) is 12.4. The fourth-order valence-electron chi connectivity index (χ4n) is 1.22. The van der Waals surface area contributed by atoms with Crippen LogP contribution in [0.1, 0.15) is 16.1 Å². The molecule has 0 saturated carbocycles. The third-order valence-electron chi connectivity index (χ3n) is 1.99. The van der Waals surface area contributed by atoms with Crippen LogP contribution >= 0.6 is 11.3 Å². The van der Waals surface area contributed by atoms with Crippen LogP contribution in [0.5, 0.6) is 5.75 Å². The molecule has 0 bridgehead atoms. The zero-order valence-electron chi connectivity index (χ0n) is 8.85. The number of aromatic nitrogens is 2. The Bertz CT molecular complexity index is 617. The number of H-pyrrole nitrogens is 1.